The number of amides is 1. The van der Waals surface area contributed by atoms with E-state index in [1.54, 1.807) is 31.2 Å². The summed E-state index contributed by atoms with van der Waals surface area (Å²) in [6.07, 6.45) is 0. The molecule has 0 saturated carbocycles. The SMILES string of the molecule is COc1ccc(C(=O)NCc2nc(C)no2)cc1S(=O)(=O)Nc1ccc(C)cc1. The molecule has 0 fully saturated rings. The molecule has 0 bridgehead atoms. The number of methoxy groups -OCH3 is 1. The first-order chi connectivity index (χ1) is 13.8. The van der Waals surface area contributed by atoms with Crippen molar-refractivity contribution in [3.8, 4) is 5.75 Å². The summed E-state index contributed by atoms with van der Waals surface area (Å²) in [5.41, 5.74) is 1.55. The molecule has 0 spiro atoms. The second-order valence-corrected chi connectivity index (χ2v) is 7.91. The lowest BCUT2D eigenvalue weighted by Crippen LogP contribution is -2.23. The number of anilines is 1. The number of sulfonamides is 1. The van der Waals surface area contributed by atoms with Crippen molar-refractivity contribution in [2.24, 2.45) is 0 Å². The number of hydrogen-bond donors (Lipinski definition) is 2. The van der Waals surface area contributed by atoms with E-state index in [-0.39, 0.29) is 28.6 Å². The Morgan fingerprint density at radius 3 is 2.48 bits per heavy atom. The van der Waals surface area contributed by atoms with Crippen LogP contribution in [0.1, 0.15) is 27.6 Å². The molecule has 0 aliphatic carbocycles. The summed E-state index contributed by atoms with van der Waals surface area (Å²) in [6, 6.07) is 11.0. The average Bonchev–Trinajstić information content (AvgIpc) is 3.12. The van der Waals surface area contributed by atoms with Crippen molar-refractivity contribution in [1.82, 2.24) is 15.5 Å². The lowest BCUT2D eigenvalue weighted by atomic mass is 10.2. The molecule has 0 aliphatic rings. The van der Waals surface area contributed by atoms with Crippen molar-refractivity contribution in [2.75, 3.05) is 11.8 Å². The molecule has 2 N–H and O–H groups in total. The molecule has 0 atom stereocenters. The van der Waals surface area contributed by atoms with Crippen LogP contribution in [0.25, 0.3) is 0 Å². The van der Waals surface area contributed by atoms with Gasteiger partial charge in [0.15, 0.2) is 5.82 Å². The lowest BCUT2D eigenvalue weighted by Gasteiger charge is -2.13. The van der Waals surface area contributed by atoms with Crippen LogP contribution < -0.4 is 14.8 Å². The first-order valence-electron chi connectivity index (χ1n) is 8.63. The van der Waals surface area contributed by atoms with Gasteiger partial charge in [0.25, 0.3) is 15.9 Å². The van der Waals surface area contributed by atoms with Gasteiger partial charge in [-0.2, -0.15) is 4.98 Å². The van der Waals surface area contributed by atoms with Crippen molar-refractivity contribution >= 4 is 21.6 Å². The fourth-order valence-electron chi connectivity index (χ4n) is 2.53. The second-order valence-electron chi connectivity index (χ2n) is 6.26. The van der Waals surface area contributed by atoms with Gasteiger partial charge >= 0.3 is 0 Å². The number of nitrogens with zero attached hydrogens (tertiary/aromatic N) is 2. The zero-order valence-electron chi connectivity index (χ0n) is 16.1. The normalized spacial score (nSPS) is 11.1. The highest BCUT2D eigenvalue weighted by atomic mass is 32.2. The number of aromatic nitrogens is 2. The number of carbonyl (C=O) groups excluding carboxylic acids is 1. The zero-order valence-corrected chi connectivity index (χ0v) is 16.9. The third kappa shape index (κ3) is 4.91. The number of hydrogen-bond acceptors (Lipinski definition) is 7. The topological polar surface area (TPSA) is 123 Å². The standard InChI is InChI=1S/C19H20N4O5S/c1-12-4-7-15(8-5-12)23-29(25,26)17-10-14(6-9-16(17)27-3)19(24)20-11-18-21-13(2)22-28-18/h4-10,23H,11H2,1-3H3,(H,20,24). The van der Waals surface area contributed by atoms with Crippen molar-refractivity contribution in [1.29, 1.82) is 0 Å². The van der Waals surface area contributed by atoms with Crippen LogP contribution in [0.5, 0.6) is 5.75 Å². The molecular weight excluding hydrogens is 396 g/mol. The van der Waals surface area contributed by atoms with Crippen LogP contribution >= 0.6 is 0 Å². The predicted octanol–water partition coefficient (Wildman–Crippen LogP) is 2.43. The highest BCUT2D eigenvalue weighted by Crippen LogP contribution is 2.27. The Morgan fingerprint density at radius 1 is 1.14 bits per heavy atom. The highest BCUT2D eigenvalue weighted by molar-refractivity contribution is 7.92. The Kier molecular flexibility index (Phi) is 5.83. The van der Waals surface area contributed by atoms with Crippen molar-refractivity contribution in [2.45, 2.75) is 25.3 Å². The van der Waals surface area contributed by atoms with Crippen LogP contribution in [0, 0.1) is 13.8 Å². The van der Waals surface area contributed by atoms with Gasteiger partial charge in [-0.3, -0.25) is 9.52 Å². The maximum absolute atomic E-state index is 12.9. The van der Waals surface area contributed by atoms with E-state index in [1.165, 1.54) is 25.3 Å². The van der Waals surface area contributed by atoms with Crippen LogP contribution in [0.4, 0.5) is 5.69 Å². The van der Waals surface area contributed by atoms with Gasteiger partial charge in [-0.15, -0.1) is 0 Å². The van der Waals surface area contributed by atoms with Gasteiger partial charge in [-0.05, 0) is 44.2 Å². The third-order valence-corrected chi connectivity index (χ3v) is 5.39. The largest absolute Gasteiger partial charge is 0.495 e. The number of rotatable bonds is 7. The molecule has 3 rings (SSSR count). The maximum Gasteiger partial charge on any atom is 0.265 e. The Balaban J connectivity index is 1.83. The van der Waals surface area contributed by atoms with Gasteiger partial charge in [0.05, 0.1) is 13.7 Å². The predicted molar refractivity (Wildman–Crippen MR) is 105 cm³/mol. The minimum atomic E-state index is -3.98. The molecule has 0 aliphatic heterocycles. The summed E-state index contributed by atoms with van der Waals surface area (Å²) in [5, 5.41) is 6.25. The Bertz CT molecular complexity index is 1120. The van der Waals surface area contributed by atoms with E-state index in [2.05, 4.69) is 20.2 Å². The van der Waals surface area contributed by atoms with Crippen molar-refractivity contribution < 1.29 is 22.5 Å². The molecule has 1 amide bonds. The van der Waals surface area contributed by atoms with Crippen LogP contribution in [0.15, 0.2) is 51.9 Å². The summed E-state index contributed by atoms with van der Waals surface area (Å²) >= 11 is 0. The van der Waals surface area contributed by atoms with Gasteiger partial charge in [0.1, 0.15) is 10.6 Å². The maximum atomic E-state index is 12.9. The molecular formula is C19H20N4O5S. The highest BCUT2D eigenvalue weighted by Gasteiger charge is 2.22. The van der Waals surface area contributed by atoms with E-state index in [0.29, 0.717) is 11.5 Å². The molecule has 1 aromatic heterocycles. The molecule has 29 heavy (non-hydrogen) atoms. The van der Waals surface area contributed by atoms with Crippen LogP contribution in [0.2, 0.25) is 0 Å². The Hall–Kier alpha value is -3.40. The summed E-state index contributed by atoms with van der Waals surface area (Å²) < 4.78 is 38.3. The van der Waals surface area contributed by atoms with Gasteiger partial charge < -0.3 is 14.6 Å². The Labute approximate surface area is 168 Å². The summed E-state index contributed by atoms with van der Waals surface area (Å²) in [6.45, 7) is 3.59. The summed E-state index contributed by atoms with van der Waals surface area (Å²) in [5.74, 6) is 0.330. The van der Waals surface area contributed by atoms with E-state index in [1.807, 2.05) is 6.92 Å². The van der Waals surface area contributed by atoms with Crippen LogP contribution in [-0.2, 0) is 16.6 Å². The average molecular weight is 416 g/mol. The fraction of sp³-hybridized carbons (Fsp3) is 0.211. The molecule has 0 radical (unpaired) electrons. The van der Waals surface area contributed by atoms with Crippen molar-refractivity contribution in [3.63, 3.8) is 0 Å². The minimum Gasteiger partial charge on any atom is -0.495 e. The molecule has 152 valence electrons. The quantitative estimate of drug-likeness (QED) is 0.606. The number of ether oxygens (including phenoxy) is 1. The first kappa shape index (κ1) is 20.3. The Morgan fingerprint density at radius 2 is 1.86 bits per heavy atom. The summed E-state index contributed by atoms with van der Waals surface area (Å²) in [4.78, 5) is 16.3. The van der Waals surface area contributed by atoms with E-state index in [9.17, 15) is 13.2 Å². The number of nitrogens with one attached hydrogen (secondary N) is 2. The van der Waals surface area contributed by atoms with E-state index in [4.69, 9.17) is 9.26 Å². The molecule has 10 heteroatoms. The van der Waals surface area contributed by atoms with Crippen LogP contribution in [0.3, 0.4) is 0 Å². The lowest BCUT2D eigenvalue weighted by molar-refractivity contribution is 0.0946. The van der Waals surface area contributed by atoms with Crippen molar-refractivity contribution in [3.05, 3.63) is 65.3 Å². The molecule has 3 aromatic rings. The molecule has 9 nitrogen and oxygen atoms in total. The van der Waals surface area contributed by atoms with Gasteiger partial charge in [0.2, 0.25) is 5.89 Å². The number of benzene rings is 2. The first-order valence-corrected chi connectivity index (χ1v) is 10.1. The molecule has 0 saturated heterocycles. The number of aryl methyl sites for hydroxylation is 2. The van der Waals surface area contributed by atoms with E-state index in [0.717, 1.165) is 5.56 Å². The van der Waals surface area contributed by atoms with E-state index >= 15 is 0 Å². The molecule has 0 unspecified atom stereocenters. The summed E-state index contributed by atoms with van der Waals surface area (Å²) in [7, 11) is -2.63. The van der Waals surface area contributed by atoms with Gasteiger partial charge in [-0.1, -0.05) is 22.9 Å². The third-order valence-electron chi connectivity index (χ3n) is 3.99. The molecule has 1 heterocycles. The minimum absolute atomic E-state index is 0.0232. The molecule has 2 aromatic carbocycles. The smallest absolute Gasteiger partial charge is 0.265 e. The van der Waals surface area contributed by atoms with E-state index < -0.39 is 15.9 Å². The van der Waals surface area contributed by atoms with Gasteiger partial charge in [-0.25, -0.2) is 8.42 Å². The fourth-order valence-corrected chi connectivity index (χ4v) is 3.78. The van der Waals surface area contributed by atoms with Crippen LogP contribution in [-0.4, -0.2) is 31.6 Å². The number of carbonyl (C=O) groups is 1. The monoisotopic (exact) mass is 416 g/mol. The zero-order chi connectivity index (χ0) is 21.0. The van der Waals surface area contributed by atoms with Gasteiger partial charge in [0, 0.05) is 11.3 Å². The second kappa shape index (κ2) is 8.31.